The number of phenolic OH excluding ortho intramolecular Hbond substituents is 1. The molecule has 0 radical (unpaired) electrons. The highest BCUT2D eigenvalue weighted by molar-refractivity contribution is 5.75. The van der Waals surface area contributed by atoms with Crippen LogP contribution in [0.1, 0.15) is 5.56 Å². The van der Waals surface area contributed by atoms with E-state index in [4.69, 9.17) is 20.7 Å². The molecule has 0 unspecified atom stereocenters. The first-order valence-electron chi connectivity index (χ1n) is 7.14. The zero-order valence-electron chi connectivity index (χ0n) is 12.7. The largest absolute Gasteiger partial charge is 0.508 e. The number of phenols is 1. The number of ether oxygens (including phenoxy) is 1. The van der Waals surface area contributed by atoms with Gasteiger partial charge in [-0.2, -0.15) is 0 Å². The molecule has 9 heteroatoms. The van der Waals surface area contributed by atoms with Gasteiger partial charge >= 0.3 is 5.97 Å². The fourth-order valence-corrected chi connectivity index (χ4v) is 1.85. The van der Waals surface area contributed by atoms with E-state index in [1.54, 1.807) is 12.1 Å². The zero-order chi connectivity index (χ0) is 18.3. The Balaban J connectivity index is 2.46. The van der Waals surface area contributed by atoms with Crippen molar-refractivity contribution < 1.29 is 39.9 Å². The molecule has 24 heavy (non-hydrogen) atoms. The zero-order valence-corrected chi connectivity index (χ0v) is 12.7. The molecule has 0 aliphatic heterocycles. The Morgan fingerprint density at radius 1 is 1.12 bits per heavy atom. The SMILES string of the molecule is N[C@@H](Cc1ccc(O)cc1)C(=O)OC[C@@H](O)[C@@H](O)[C@H](O)[C@@H](O)C=O. The van der Waals surface area contributed by atoms with Crippen LogP contribution in [0.25, 0.3) is 0 Å². The van der Waals surface area contributed by atoms with Crippen LogP contribution in [-0.4, -0.2) is 74.9 Å². The Morgan fingerprint density at radius 3 is 2.25 bits per heavy atom. The van der Waals surface area contributed by atoms with Crippen LogP contribution in [0.2, 0.25) is 0 Å². The molecule has 0 aromatic heterocycles. The van der Waals surface area contributed by atoms with E-state index < -0.39 is 43.0 Å². The summed E-state index contributed by atoms with van der Waals surface area (Å²) in [6.07, 6.45) is -7.25. The fourth-order valence-electron chi connectivity index (χ4n) is 1.85. The molecule has 9 nitrogen and oxygen atoms in total. The van der Waals surface area contributed by atoms with E-state index >= 15 is 0 Å². The maximum atomic E-state index is 11.7. The van der Waals surface area contributed by atoms with Crippen LogP contribution in [-0.2, 0) is 20.7 Å². The Bertz CT molecular complexity index is 535. The van der Waals surface area contributed by atoms with Crippen LogP contribution in [0.5, 0.6) is 5.75 Å². The lowest BCUT2D eigenvalue weighted by molar-refractivity contribution is -0.157. The van der Waals surface area contributed by atoms with E-state index in [1.807, 2.05) is 0 Å². The van der Waals surface area contributed by atoms with Crippen molar-refractivity contribution in [1.82, 2.24) is 0 Å². The molecule has 0 fully saturated rings. The molecule has 7 N–H and O–H groups in total. The molecule has 0 spiro atoms. The first-order valence-corrected chi connectivity index (χ1v) is 7.14. The maximum absolute atomic E-state index is 11.7. The topological polar surface area (TPSA) is 171 Å². The predicted octanol–water partition coefficient (Wildman–Crippen LogP) is -2.55. The molecule has 0 bridgehead atoms. The lowest BCUT2D eigenvalue weighted by Gasteiger charge is -2.24. The lowest BCUT2D eigenvalue weighted by atomic mass is 10.0. The standard InChI is InChI=1S/C15H21NO8/c16-10(5-8-1-3-9(18)4-2-8)15(23)24-7-12(20)14(22)13(21)11(19)6-17/h1-4,6,10-14,18-22H,5,7,16H2/t10-,11-,12+,13+,14+/m0/s1. The van der Waals surface area contributed by atoms with Gasteiger partial charge in [0.25, 0.3) is 0 Å². The highest BCUT2D eigenvalue weighted by Gasteiger charge is 2.31. The van der Waals surface area contributed by atoms with E-state index in [1.165, 1.54) is 12.1 Å². The minimum Gasteiger partial charge on any atom is -0.508 e. The van der Waals surface area contributed by atoms with Crippen molar-refractivity contribution in [1.29, 1.82) is 0 Å². The van der Waals surface area contributed by atoms with Gasteiger partial charge in [-0.3, -0.25) is 4.79 Å². The molecule has 1 rings (SSSR count). The number of nitrogens with two attached hydrogens (primary N) is 1. The summed E-state index contributed by atoms with van der Waals surface area (Å²) in [5, 5.41) is 46.7. The van der Waals surface area contributed by atoms with Gasteiger partial charge in [0.1, 0.15) is 42.8 Å². The molecule has 5 atom stereocenters. The van der Waals surface area contributed by atoms with Crippen molar-refractivity contribution in [2.75, 3.05) is 6.61 Å². The van der Waals surface area contributed by atoms with Crippen molar-refractivity contribution >= 4 is 12.3 Å². The average Bonchev–Trinajstić information content (AvgIpc) is 2.58. The summed E-state index contributed by atoms with van der Waals surface area (Å²) in [4.78, 5) is 22.0. The van der Waals surface area contributed by atoms with E-state index in [0.29, 0.717) is 5.56 Å². The number of esters is 1. The van der Waals surface area contributed by atoms with Crippen molar-refractivity contribution in [2.45, 2.75) is 36.9 Å². The first kappa shape index (κ1) is 20.0. The van der Waals surface area contributed by atoms with Crippen LogP contribution < -0.4 is 5.73 Å². The predicted molar refractivity (Wildman–Crippen MR) is 80.8 cm³/mol. The molecule has 0 heterocycles. The second-order valence-corrected chi connectivity index (χ2v) is 5.28. The van der Waals surface area contributed by atoms with Crippen molar-refractivity contribution in [3.63, 3.8) is 0 Å². The monoisotopic (exact) mass is 343 g/mol. The van der Waals surface area contributed by atoms with Crippen LogP contribution in [0.4, 0.5) is 0 Å². The quantitative estimate of drug-likeness (QED) is 0.208. The van der Waals surface area contributed by atoms with Crippen LogP contribution in [0.15, 0.2) is 24.3 Å². The molecule has 1 aromatic rings. The van der Waals surface area contributed by atoms with Gasteiger partial charge in [-0.15, -0.1) is 0 Å². The van der Waals surface area contributed by atoms with Crippen LogP contribution in [0, 0.1) is 0 Å². The van der Waals surface area contributed by atoms with Crippen LogP contribution >= 0.6 is 0 Å². The normalized spacial score (nSPS) is 17.4. The Hall–Kier alpha value is -2.04. The molecule has 0 aliphatic rings. The van der Waals surface area contributed by atoms with E-state index in [-0.39, 0.29) is 18.5 Å². The highest BCUT2D eigenvalue weighted by atomic mass is 16.5. The number of hydrogen-bond donors (Lipinski definition) is 6. The number of aldehydes is 1. The van der Waals surface area contributed by atoms with Gasteiger partial charge in [0.2, 0.25) is 0 Å². The van der Waals surface area contributed by atoms with Crippen molar-refractivity contribution in [3.05, 3.63) is 29.8 Å². The summed E-state index contributed by atoms with van der Waals surface area (Å²) in [7, 11) is 0. The summed E-state index contributed by atoms with van der Waals surface area (Å²) in [6, 6.07) is 5.00. The molecular formula is C15H21NO8. The third kappa shape index (κ3) is 5.87. The van der Waals surface area contributed by atoms with Gasteiger partial charge in [0, 0.05) is 0 Å². The minimum absolute atomic E-state index is 0.000183. The highest BCUT2D eigenvalue weighted by Crippen LogP contribution is 2.11. The molecule has 0 aliphatic carbocycles. The number of benzene rings is 1. The molecule has 0 saturated carbocycles. The van der Waals surface area contributed by atoms with Gasteiger partial charge in [0.15, 0.2) is 6.29 Å². The summed E-state index contributed by atoms with van der Waals surface area (Å²) in [5.41, 5.74) is 6.35. The molecule has 0 saturated heterocycles. The van der Waals surface area contributed by atoms with E-state index in [2.05, 4.69) is 0 Å². The lowest BCUT2D eigenvalue weighted by Crippen LogP contribution is -2.47. The van der Waals surface area contributed by atoms with Gasteiger partial charge in [-0.05, 0) is 24.1 Å². The minimum atomic E-state index is -1.91. The van der Waals surface area contributed by atoms with Gasteiger partial charge in [0.05, 0.1) is 0 Å². The molecule has 134 valence electrons. The Labute approximate surface area is 137 Å². The second kappa shape index (κ2) is 9.30. The smallest absolute Gasteiger partial charge is 0.323 e. The Morgan fingerprint density at radius 2 is 1.71 bits per heavy atom. The summed E-state index contributed by atoms with van der Waals surface area (Å²) < 4.78 is 4.74. The van der Waals surface area contributed by atoms with Crippen molar-refractivity contribution in [2.24, 2.45) is 5.73 Å². The number of aliphatic hydroxyl groups is 4. The summed E-state index contributed by atoms with van der Waals surface area (Å²) >= 11 is 0. The molecular weight excluding hydrogens is 322 g/mol. The van der Waals surface area contributed by atoms with E-state index in [9.17, 15) is 24.9 Å². The number of carbonyl (C=O) groups excluding carboxylic acids is 2. The number of aromatic hydroxyl groups is 1. The third-order valence-corrected chi connectivity index (χ3v) is 3.32. The van der Waals surface area contributed by atoms with Gasteiger partial charge < -0.3 is 40.8 Å². The number of aliphatic hydroxyl groups excluding tert-OH is 4. The number of carbonyl (C=O) groups is 2. The first-order chi connectivity index (χ1) is 11.3. The number of rotatable bonds is 9. The van der Waals surface area contributed by atoms with Gasteiger partial charge in [-0.25, -0.2) is 0 Å². The summed E-state index contributed by atoms with van der Waals surface area (Å²) in [6.45, 7) is -0.675. The molecule has 0 amide bonds. The fraction of sp³-hybridized carbons (Fsp3) is 0.467. The Kier molecular flexibility index (Phi) is 7.75. The number of hydrogen-bond acceptors (Lipinski definition) is 9. The van der Waals surface area contributed by atoms with E-state index in [0.717, 1.165) is 0 Å². The maximum Gasteiger partial charge on any atom is 0.323 e. The van der Waals surface area contributed by atoms with Crippen LogP contribution in [0.3, 0.4) is 0 Å². The molecule has 1 aromatic carbocycles. The van der Waals surface area contributed by atoms with Gasteiger partial charge in [-0.1, -0.05) is 12.1 Å². The average molecular weight is 343 g/mol. The van der Waals surface area contributed by atoms with Crippen molar-refractivity contribution in [3.8, 4) is 5.75 Å². The third-order valence-electron chi connectivity index (χ3n) is 3.32. The summed E-state index contributed by atoms with van der Waals surface area (Å²) in [5.74, 6) is -0.775. The second-order valence-electron chi connectivity index (χ2n) is 5.28.